The lowest BCUT2D eigenvalue weighted by Gasteiger charge is -2.66. The van der Waals surface area contributed by atoms with E-state index >= 15 is 0 Å². The molecule has 0 amide bonds. The van der Waals surface area contributed by atoms with Gasteiger partial charge >= 0.3 is 0 Å². The Morgan fingerprint density at radius 3 is 0.930 bits per heavy atom. The molecule has 28 saturated carbocycles. The summed E-state index contributed by atoms with van der Waals surface area (Å²) in [6.45, 7) is 20.6. The molecule has 28 aliphatic carbocycles. The van der Waals surface area contributed by atoms with Crippen LogP contribution in [0, 0.1) is 183 Å². The van der Waals surface area contributed by atoms with Gasteiger partial charge in [0.15, 0.2) is 0 Å². The van der Waals surface area contributed by atoms with E-state index in [2.05, 4.69) is 69.9 Å². The van der Waals surface area contributed by atoms with Gasteiger partial charge in [-0.25, -0.2) is 0 Å². The van der Waals surface area contributed by atoms with Gasteiger partial charge in [-0.15, -0.1) is 70.8 Å². The Kier molecular flexibility index (Phi) is 25.6. The number of nitrogens with zero attached hydrogens (tertiary/aromatic N) is 7. The Hall–Kier alpha value is -5.88. The minimum absolute atomic E-state index is 0.0240. The summed E-state index contributed by atoms with van der Waals surface area (Å²) in [5.41, 5.74) is 47.2. The van der Waals surface area contributed by atoms with E-state index in [1.807, 2.05) is 6.92 Å². The van der Waals surface area contributed by atoms with Gasteiger partial charge in [-0.2, -0.15) is 0 Å². The molecule has 0 heterocycles. The summed E-state index contributed by atoms with van der Waals surface area (Å²) in [6, 6.07) is 0. The lowest BCUT2D eigenvalue weighted by molar-refractivity contribution is -0.785. The van der Waals surface area contributed by atoms with Crippen LogP contribution in [0.4, 0.5) is 0 Å². The molecule has 129 heavy (non-hydrogen) atoms. The fourth-order valence-electron chi connectivity index (χ4n) is 40.7. The maximum Gasteiger partial charge on any atom is 0.295 e. The molecule has 732 valence electrons. The smallest absolute Gasteiger partial charge is 0.295 e. The van der Waals surface area contributed by atoms with Crippen LogP contribution in [0.2, 0.25) is 0 Å². The summed E-state index contributed by atoms with van der Waals surface area (Å²) < 4.78 is 0. The molecule has 0 spiro atoms. The van der Waals surface area contributed by atoms with E-state index in [4.69, 9.17) is 59.5 Å². The maximum absolute atomic E-state index is 10.7. The minimum Gasteiger partial charge on any atom is -0.325 e. The van der Waals surface area contributed by atoms with Gasteiger partial charge in [0.2, 0.25) is 0 Å². The van der Waals surface area contributed by atoms with Crippen molar-refractivity contribution in [1.29, 1.82) is 0 Å². The number of hydrogen-bond donors (Lipinski definition) is 7. The average Bonchev–Trinajstić information content (AvgIpc) is 0.747. The van der Waals surface area contributed by atoms with E-state index in [0.717, 1.165) is 210 Å². The first kappa shape index (κ1) is 97.7. The van der Waals surface area contributed by atoms with E-state index in [0.29, 0.717) is 69.0 Å². The van der Waals surface area contributed by atoms with Crippen LogP contribution < -0.4 is 40.1 Å². The summed E-state index contributed by atoms with van der Waals surface area (Å²) in [5, 5.41) is 68.8. The van der Waals surface area contributed by atoms with Crippen molar-refractivity contribution < 1.29 is 69.5 Å². The van der Waals surface area contributed by atoms with Crippen molar-refractivity contribution >= 4 is 0 Å². The molecular formula is C94H160N14O21. The summed E-state index contributed by atoms with van der Waals surface area (Å²) in [4.78, 5) is 107. The van der Waals surface area contributed by atoms with E-state index in [9.17, 15) is 70.8 Å². The fraction of sp³-hybridized carbons (Fsp3) is 1.00. The third-order valence-corrected chi connectivity index (χ3v) is 38.9. The number of hydrogen-bond acceptors (Lipinski definition) is 28. The predicted octanol–water partition coefficient (Wildman–Crippen LogP) is 17.2. The van der Waals surface area contributed by atoms with Crippen molar-refractivity contribution in [3.05, 3.63) is 70.8 Å². The van der Waals surface area contributed by atoms with E-state index in [1.54, 1.807) is 0 Å². The van der Waals surface area contributed by atoms with Gasteiger partial charge in [0.1, 0.15) is 30.5 Å². The molecule has 0 aliphatic heterocycles. The largest absolute Gasteiger partial charge is 0.325 e. The zero-order valence-corrected chi connectivity index (χ0v) is 79.3. The van der Waals surface area contributed by atoms with Crippen LogP contribution in [0.15, 0.2) is 0 Å². The molecule has 35 nitrogen and oxygen atoms in total. The highest BCUT2D eigenvalue weighted by atomic mass is 17.0. The quantitative estimate of drug-likeness (QED) is 0.0208. The Labute approximate surface area is 761 Å². The highest BCUT2D eigenvalue weighted by Crippen LogP contribution is 2.74. The first-order chi connectivity index (χ1) is 59.9. The van der Waals surface area contributed by atoms with Crippen LogP contribution in [0.25, 0.3) is 0 Å². The zero-order chi connectivity index (χ0) is 93.6. The summed E-state index contributed by atoms with van der Waals surface area (Å²) in [5.74, 6) is 4.85. The fourth-order valence-corrected chi connectivity index (χ4v) is 40.7. The Morgan fingerprint density at radius 1 is 0.287 bits per heavy atom. The molecule has 28 bridgehead atoms. The average molecular weight is 1820 g/mol. The van der Waals surface area contributed by atoms with Crippen LogP contribution in [0.5, 0.6) is 0 Å². The molecular weight excluding hydrogens is 1660 g/mol. The van der Waals surface area contributed by atoms with Crippen molar-refractivity contribution in [3.8, 4) is 0 Å². The summed E-state index contributed by atoms with van der Waals surface area (Å²) >= 11 is 0. The van der Waals surface area contributed by atoms with Gasteiger partial charge in [0, 0.05) is 38.8 Å². The lowest BCUT2D eigenvalue weighted by Crippen LogP contribution is -2.67. The lowest BCUT2D eigenvalue weighted by atomic mass is 9.40. The molecule has 0 saturated heterocycles. The van der Waals surface area contributed by atoms with Gasteiger partial charge < -0.3 is 74.0 Å². The van der Waals surface area contributed by atoms with E-state index < -0.39 is 46.8 Å². The Bertz CT molecular complexity index is 4190. The van der Waals surface area contributed by atoms with Gasteiger partial charge in [-0.3, -0.25) is 0 Å². The second-order valence-electron chi connectivity index (χ2n) is 52.3. The minimum atomic E-state index is -0.683. The van der Waals surface area contributed by atoms with Crippen molar-refractivity contribution in [2.45, 2.75) is 446 Å². The molecule has 0 radical (unpaired) electrons. The van der Waals surface area contributed by atoms with Crippen LogP contribution in [-0.2, 0) is 33.9 Å². The molecule has 0 aromatic carbocycles. The molecule has 35 heteroatoms. The molecule has 28 fully saturated rings. The first-order valence-corrected chi connectivity index (χ1v) is 50.0. The molecule has 30 unspecified atom stereocenters. The highest BCUT2D eigenvalue weighted by molar-refractivity contribution is 5.23. The number of rotatable bonds is 29. The van der Waals surface area contributed by atoms with Gasteiger partial charge in [0.25, 0.3) is 35.6 Å². The normalized spacial score (nSPS) is 49.0. The predicted molar refractivity (Wildman–Crippen MR) is 477 cm³/mol. The Morgan fingerprint density at radius 2 is 0.574 bits per heavy atom. The van der Waals surface area contributed by atoms with Crippen LogP contribution in [-0.4, -0.2) is 118 Å². The first-order valence-electron chi connectivity index (χ1n) is 50.0. The third kappa shape index (κ3) is 21.1. The monoisotopic (exact) mass is 1820 g/mol. The third-order valence-electron chi connectivity index (χ3n) is 38.9. The Balaban J connectivity index is 0.000000116. The van der Waals surface area contributed by atoms with Crippen LogP contribution in [0.3, 0.4) is 0 Å². The molecule has 30 atom stereocenters. The molecule has 0 aromatic rings. The molecule has 14 N–H and O–H groups in total. The van der Waals surface area contributed by atoms with E-state index in [-0.39, 0.29) is 110 Å². The van der Waals surface area contributed by atoms with Crippen LogP contribution in [0.1, 0.15) is 390 Å². The van der Waals surface area contributed by atoms with Gasteiger partial charge in [-0.1, -0.05) is 87.5 Å². The topological polar surface area (TPSA) is 549 Å². The van der Waals surface area contributed by atoms with Crippen molar-refractivity contribution in [3.63, 3.8) is 0 Å². The SMILES string of the molecule is CC12CC3CC(N)(C1)CC(CO[N+](=O)[O-])(C3)C2.CC12CC3CC(N)(C1)CC(O[N+](=O)[O-])(C3)C2.CCC12CC3CC(N)(C1)CC(CC(C)CO[N+](=O)[O-])(C3)C2.CCC12CC3CC(N)(C1)CC(CC(C)O[N+](=O)[O-])(C3)C2.CCC12CC3CC(N)(C1)CC(CCCO[N+](=O)[O-])(C3)C2.CCC12CC3CC(N)(C1)CC(CO[N+](=O)[O-])(C3)C2.CCC12CC3CC(N)(C1)CC(O[N+](=O)[O-])(C3)C2. The molecule has 28 rings (SSSR count). The van der Waals surface area contributed by atoms with Crippen molar-refractivity contribution in [1.82, 2.24) is 0 Å². The summed E-state index contributed by atoms with van der Waals surface area (Å²) in [7, 11) is 0. The standard InChI is InChI=1S/C16H28N2O3.2C15H26N2O3.C13H22N2O3.2C12H20N2O3.C11H18N2O3/c1-3-14-5-13-6-15(9-14,11-16(17,7-13)10-14)4-12(2)8-21-18(19)20;1-3-13-5-12-6-14(8-13,4-11(2)20-17(18)19)10-15(16,7-12)9-13;1-2-13-6-12-7-14(9-13,4-3-5-20-17(18)19)11-15(16,8-12)10-13;1-2-11-3-10-4-12(6-11,9-18-15(16)17)8-13(14,5-10)7-11;1-10-2-9-3-11(5-10,8-17-14(15)16)7-12(13,4-9)6-10;1-2-10-3-9-4-11(13,6-10)8-12(5-9,7-10)17-14(15)16;1-9-2-8-3-10(12,5-9)7-11(4-8,6-9)16-13(14)15/h12-13H,3-11,17H2,1-2H3;11-12H,3-10,16H2,1-2H3;12H,2-11,16H2,1H3;10H,2-9,14H2,1H3;2*9H,2-8,13H2,1H3;8H,2-7,12H2,1H3. The van der Waals surface area contributed by atoms with Gasteiger partial charge in [-0.05, 0) is 415 Å². The highest BCUT2D eigenvalue weighted by Gasteiger charge is 2.70. The maximum atomic E-state index is 10.7. The molecule has 0 aromatic heterocycles. The zero-order valence-electron chi connectivity index (χ0n) is 79.3. The van der Waals surface area contributed by atoms with Gasteiger partial charge in [0.05, 0.1) is 13.2 Å². The molecule has 28 aliphatic rings. The van der Waals surface area contributed by atoms with Crippen LogP contribution >= 0.6 is 0 Å². The summed E-state index contributed by atoms with van der Waals surface area (Å²) in [6.07, 6.45) is 55.0. The second-order valence-corrected chi connectivity index (χ2v) is 52.3. The van der Waals surface area contributed by atoms with E-state index in [1.165, 1.54) is 122 Å². The van der Waals surface area contributed by atoms with Crippen molar-refractivity contribution in [2.75, 3.05) is 26.4 Å². The number of nitrogens with two attached hydrogens (primary N) is 7. The van der Waals surface area contributed by atoms with Crippen molar-refractivity contribution in [2.24, 2.45) is 152 Å². The second kappa shape index (κ2) is 33.8.